The molecule has 11 nitrogen and oxygen atoms in total. The summed E-state index contributed by atoms with van der Waals surface area (Å²) in [5, 5.41) is 13.3. The Kier molecular flexibility index (Phi) is 5.85. The summed E-state index contributed by atoms with van der Waals surface area (Å²) in [5.41, 5.74) is -1.70. The third kappa shape index (κ3) is 4.90. The lowest BCUT2D eigenvalue weighted by molar-refractivity contribution is -0.141. The van der Waals surface area contributed by atoms with Crippen LogP contribution in [0.1, 0.15) is 5.69 Å². The first kappa shape index (κ1) is 24.9. The van der Waals surface area contributed by atoms with E-state index in [1.807, 2.05) is 4.98 Å². The molecule has 1 saturated heterocycles. The van der Waals surface area contributed by atoms with E-state index in [-0.39, 0.29) is 46.0 Å². The number of nitrogens with zero attached hydrogens (tertiary/aromatic N) is 6. The number of hydrogen-bond acceptors (Lipinski definition) is 8. The van der Waals surface area contributed by atoms with E-state index in [1.54, 1.807) is 6.07 Å². The van der Waals surface area contributed by atoms with Crippen molar-refractivity contribution in [2.75, 3.05) is 18.0 Å². The minimum absolute atomic E-state index is 0.00839. The van der Waals surface area contributed by atoms with Crippen molar-refractivity contribution in [2.24, 2.45) is 0 Å². The highest BCUT2D eigenvalue weighted by Crippen LogP contribution is 2.35. The molecule has 0 radical (unpaired) electrons. The van der Waals surface area contributed by atoms with Crippen molar-refractivity contribution in [1.29, 1.82) is 5.26 Å². The fraction of sp³-hybridized carbons (Fsp3) is 0.273. The molecule has 1 atom stereocenters. The number of nitriles is 1. The maximum Gasteiger partial charge on any atom is 0.408 e. The highest BCUT2D eigenvalue weighted by atomic mass is 19.4. The standard InChI is InChI=1S/C22H15F5N8O3/c23-21(24)9-34(13-1-12(4-28)32-15(2-13)14-7-30-20(37)33-19(14)36)8-17(21)38-18-3-16-11(5-29-18)6-31-35(16)10-22(25,26)27/h1-3,5-7,17H,8-10H2,(H2,30,33,36,37)/t17-/m0/s1. The molecule has 5 rings (SSSR count). The molecule has 38 heavy (non-hydrogen) atoms. The van der Waals surface area contributed by atoms with Crippen LogP contribution < -0.4 is 20.9 Å². The average molecular weight is 534 g/mol. The van der Waals surface area contributed by atoms with Gasteiger partial charge in [-0.05, 0) is 12.1 Å². The van der Waals surface area contributed by atoms with Gasteiger partial charge in [0.1, 0.15) is 18.3 Å². The molecule has 0 spiro atoms. The fourth-order valence-electron chi connectivity index (χ4n) is 4.03. The van der Waals surface area contributed by atoms with Crippen LogP contribution in [-0.4, -0.2) is 61.0 Å². The van der Waals surface area contributed by atoms with E-state index >= 15 is 0 Å². The minimum Gasteiger partial charge on any atom is -0.466 e. The Morgan fingerprint density at radius 2 is 2.00 bits per heavy atom. The van der Waals surface area contributed by atoms with Gasteiger partial charge in [0.05, 0.1) is 36.1 Å². The molecule has 196 valence electrons. The lowest BCUT2D eigenvalue weighted by Gasteiger charge is -2.19. The van der Waals surface area contributed by atoms with E-state index in [0.717, 1.165) is 12.3 Å². The van der Waals surface area contributed by atoms with Crippen LogP contribution in [0.2, 0.25) is 0 Å². The predicted molar refractivity (Wildman–Crippen MR) is 121 cm³/mol. The molecule has 0 aliphatic carbocycles. The zero-order valence-corrected chi connectivity index (χ0v) is 19.0. The third-order valence-corrected chi connectivity index (χ3v) is 5.74. The monoisotopic (exact) mass is 534 g/mol. The van der Waals surface area contributed by atoms with Gasteiger partial charge in [0.2, 0.25) is 5.88 Å². The summed E-state index contributed by atoms with van der Waals surface area (Å²) in [6.07, 6.45) is -2.86. The molecule has 0 unspecified atom stereocenters. The van der Waals surface area contributed by atoms with E-state index < -0.39 is 42.5 Å². The SMILES string of the molecule is N#Cc1cc(N2C[C@H](Oc3cc4c(cn3)cnn4CC(F)(F)F)C(F)(F)C2)cc(-c2c[nH]c(=O)[nH]c2=O)n1. The minimum atomic E-state index is -4.55. The van der Waals surface area contributed by atoms with Crippen LogP contribution >= 0.6 is 0 Å². The van der Waals surface area contributed by atoms with Crippen molar-refractivity contribution in [3.8, 4) is 23.2 Å². The Hall–Kier alpha value is -4.81. The molecule has 1 fully saturated rings. The van der Waals surface area contributed by atoms with Gasteiger partial charge in [-0.15, -0.1) is 0 Å². The van der Waals surface area contributed by atoms with Gasteiger partial charge in [-0.3, -0.25) is 14.5 Å². The fourth-order valence-corrected chi connectivity index (χ4v) is 4.03. The molecule has 0 bridgehead atoms. The van der Waals surface area contributed by atoms with Crippen molar-refractivity contribution >= 4 is 16.6 Å². The number of H-pyrrole nitrogens is 2. The summed E-state index contributed by atoms with van der Waals surface area (Å²) in [7, 11) is 0. The number of fused-ring (bicyclic) bond motifs is 1. The van der Waals surface area contributed by atoms with Crippen LogP contribution in [0.5, 0.6) is 5.88 Å². The highest BCUT2D eigenvalue weighted by Gasteiger charge is 2.50. The number of aromatic nitrogens is 6. The molecular formula is C22H15F5N8O3. The number of alkyl halides is 5. The number of hydrogen-bond donors (Lipinski definition) is 2. The molecule has 0 amide bonds. The summed E-state index contributed by atoms with van der Waals surface area (Å²) in [6, 6.07) is 5.46. The second kappa shape index (κ2) is 8.94. The summed E-state index contributed by atoms with van der Waals surface area (Å²) < 4.78 is 74.5. The molecule has 0 aromatic carbocycles. The number of pyridine rings is 2. The molecule has 1 aliphatic heterocycles. The quantitative estimate of drug-likeness (QED) is 0.371. The van der Waals surface area contributed by atoms with Gasteiger partial charge in [-0.2, -0.15) is 23.5 Å². The van der Waals surface area contributed by atoms with Crippen molar-refractivity contribution in [1.82, 2.24) is 29.7 Å². The van der Waals surface area contributed by atoms with Crippen molar-refractivity contribution in [2.45, 2.75) is 24.7 Å². The smallest absolute Gasteiger partial charge is 0.408 e. The molecule has 5 heterocycles. The topological polar surface area (TPSA) is 146 Å². The zero-order chi connectivity index (χ0) is 27.2. The van der Waals surface area contributed by atoms with Gasteiger partial charge in [0, 0.05) is 29.5 Å². The maximum atomic E-state index is 15.0. The summed E-state index contributed by atoms with van der Waals surface area (Å²) in [6.45, 7) is -2.59. The predicted octanol–water partition coefficient (Wildman–Crippen LogP) is 2.21. The number of aromatic amines is 2. The van der Waals surface area contributed by atoms with Crippen LogP contribution in [0.4, 0.5) is 27.6 Å². The summed E-state index contributed by atoms with van der Waals surface area (Å²) in [4.78, 5) is 36.9. The third-order valence-electron chi connectivity index (χ3n) is 5.74. The van der Waals surface area contributed by atoms with Crippen molar-refractivity contribution in [3.05, 3.63) is 63.3 Å². The van der Waals surface area contributed by atoms with Gasteiger partial charge >= 0.3 is 17.8 Å². The molecule has 16 heteroatoms. The Morgan fingerprint density at radius 3 is 2.71 bits per heavy atom. The van der Waals surface area contributed by atoms with Gasteiger partial charge in [0.25, 0.3) is 5.56 Å². The number of rotatable bonds is 5. The summed E-state index contributed by atoms with van der Waals surface area (Å²) in [5.74, 6) is -3.74. The Morgan fingerprint density at radius 1 is 1.21 bits per heavy atom. The lowest BCUT2D eigenvalue weighted by Crippen LogP contribution is -2.36. The maximum absolute atomic E-state index is 15.0. The average Bonchev–Trinajstić information content (AvgIpc) is 3.37. The highest BCUT2D eigenvalue weighted by molar-refractivity contribution is 5.78. The number of ether oxygens (including phenoxy) is 1. The second-order valence-corrected chi connectivity index (χ2v) is 8.44. The van der Waals surface area contributed by atoms with Gasteiger partial charge in [0.15, 0.2) is 6.10 Å². The van der Waals surface area contributed by atoms with Crippen LogP contribution in [-0.2, 0) is 6.54 Å². The first-order valence-electron chi connectivity index (χ1n) is 10.8. The molecule has 0 saturated carbocycles. The van der Waals surface area contributed by atoms with Crippen molar-refractivity contribution in [3.63, 3.8) is 0 Å². The second-order valence-electron chi connectivity index (χ2n) is 8.44. The van der Waals surface area contributed by atoms with Crippen LogP contribution in [0.3, 0.4) is 0 Å². The van der Waals surface area contributed by atoms with E-state index in [0.29, 0.717) is 4.68 Å². The van der Waals surface area contributed by atoms with E-state index in [1.165, 1.54) is 29.4 Å². The van der Waals surface area contributed by atoms with E-state index in [4.69, 9.17) is 4.74 Å². The molecular weight excluding hydrogens is 519 g/mol. The first-order valence-corrected chi connectivity index (χ1v) is 10.8. The van der Waals surface area contributed by atoms with Gasteiger partial charge in [-0.1, -0.05) is 0 Å². The van der Waals surface area contributed by atoms with Crippen LogP contribution in [0, 0.1) is 11.3 Å². The van der Waals surface area contributed by atoms with Crippen LogP contribution in [0.25, 0.3) is 22.2 Å². The Bertz CT molecular complexity index is 1690. The molecule has 1 aliphatic rings. The normalized spacial score (nSPS) is 17.1. The van der Waals surface area contributed by atoms with Crippen molar-refractivity contribution < 1.29 is 26.7 Å². The van der Waals surface area contributed by atoms with E-state index in [9.17, 15) is 36.8 Å². The van der Waals surface area contributed by atoms with Gasteiger partial charge in [-0.25, -0.2) is 23.5 Å². The molecule has 2 N–H and O–H groups in total. The number of halogens is 5. The number of nitrogens with one attached hydrogen (secondary N) is 2. The van der Waals surface area contributed by atoms with Crippen LogP contribution in [0.15, 0.2) is 46.4 Å². The number of anilines is 1. The Balaban J connectivity index is 1.43. The largest absolute Gasteiger partial charge is 0.466 e. The zero-order valence-electron chi connectivity index (χ0n) is 19.0. The molecule has 4 aromatic heterocycles. The first-order chi connectivity index (χ1) is 17.9. The van der Waals surface area contributed by atoms with E-state index in [2.05, 4.69) is 20.1 Å². The lowest BCUT2D eigenvalue weighted by atomic mass is 10.1. The van der Waals surface area contributed by atoms with Gasteiger partial charge < -0.3 is 14.6 Å². The molecule has 4 aromatic rings. The Labute approximate surface area is 208 Å². The summed E-state index contributed by atoms with van der Waals surface area (Å²) >= 11 is 0.